The summed E-state index contributed by atoms with van der Waals surface area (Å²) in [5.74, 6) is 1.84. The number of unbranched alkanes of at least 4 members (excludes halogenated alkanes) is 1. The average Bonchev–Trinajstić information content (AvgIpc) is 3.79. The van der Waals surface area contributed by atoms with Gasteiger partial charge in [0.1, 0.15) is 35.8 Å². The minimum Gasteiger partial charge on any atom is -0.481 e. The summed E-state index contributed by atoms with van der Waals surface area (Å²) in [4.78, 5) is 24.0. The number of rotatable bonds is 11. The third-order valence-electron chi connectivity index (χ3n) is 11.1. The third kappa shape index (κ3) is 7.93. The molecule has 0 radical (unpaired) electrons. The molecule has 0 spiro atoms. The number of hydrogen-bond acceptors (Lipinski definition) is 10. The molecule has 14 heteroatoms. The fourth-order valence-corrected chi connectivity index (χ4v) is 8.27. The second-order valence-electron chi connectivity index (χ2n) is 14.6. The maximum atomic E-state index is 16.9. The molecule has 5 aromatic rings. The number of alkyl halides is 2. The summed E-state index contributed by atoms with van der Waals surface area (Å²) < 4.78 is 66.8. The van der Waals surface area contributed by atoms with Gasteiger partial charge in [0, 0.05) is 29.7 Å². The van der Waals surface area contributed by atoms with Crippen molar-refractivity contribution in [1.82, 2.24) is 35.1 Å². The van der Waals surface area contributed by atoms with Gasteiger partial charge in [-0.25, -0.2) is 32.5 Å². The van der Waals surface area contributed by atoms with Crippen LogP contribution in [0.15, 0.2) is 42.9 Å². The normalized spacial score (nSPS) is 17.4. The van der Waals surface area contributed by atoms with Crippen LogP contribution in [-0.2, 0) is 6.42 Å². The predicted octanol–water partition coefficient (Wildman–Crippen LogP) is 8.04. The number of hydrogen-bond donors (Lipinski definition) is 2. The van der Waals surface area contributed by atoms with Crippen LogP contribution in [0.4, 0.5) is 23.4 Å². The summed E-state index contributed by atoms with van der Waals surface area (Å²) in [6, 6.07) is 8.69. The van der Waals surface area contributed by atoms with Crippen LogP contribution in [-0.4, -0.2) is 81.3 Å². The number of aromatic nitrogens is 5. The minimum absolute atomic E-state index is 0.00512. The van der Waals surface area contributed by atoms with Gasteiger partial charge in [-0.3, -0.25) is 4.90 Å². The van der Waals surface area contributed by atoms with Crippen molar-refractivity contribution >= 4 is 27.5 Å². The first kappa shape index (κ1) is 39.1. The fraction of sp³-hybridized carbons (Fsp3) is 0.452. The monoisotopic (exact) mass is 770 g/mol. The van der Waals surface area contributed by atoms with Gasteiger partial charge in [0.25, 0.3) is 6.43 Å². The number of terminal acetylenes is 1. The van der Waals surface area contributed by atoms with E-state index < -0.39 is 18.1 Å². The molecule has 1 atom stereocenters. The predicted molar refractivity (Wildman–Crippen MR) is 208 cm³/mol. The van der Waals surface area contributed by atoms with Gasteiger partial charge in [-0.15, -0.1) is 6.42 Å². The van der Waals surface area contributed by atoms with Gasteiger partial charge in [-0.05, 0) is 82.5 Å². The highest BCUT2D eigenvalue weighted by molar-refractivity contribution is 6.02. The summed E-state index contributed by atoms with van der Waals surface area (Å²) in [6.45, 7) is 6.54. The minimum atomic E-state index is -2.59. The number of halogens is 4. The Morgan fingerprint density at radius 2 is 1.89 bits per heavy atom. The number of benzene rings is 2. The Balaban J connectivity index is 0.000000378. The largest absolute Gasteiger partial charge is 0.481 e. The second-order valence-corrected chi connectivity index (χ2v) is 14.6. The lowest BCUT2D eigenvalue weighted by atomic mass is 9.95. The highest BCUT2D eigenvalue weighted by Gasteiger charge is 2.45. The first-order valence-corrected chi connectivity index (χ1v) is 19.3. The topological polar surface area (TPSA) is 110 Å². The van der Waals surface area contributed by atoms with Crippen molar-refractivity contribution in [1.29, 1.82) is 0 Å². The van der Waals surface area contributed by atoms with E-state index in [1.165, 1.54) is 13.2 Å². The zero-order valence-corrected chi connectivity index (χ0v) is 31.7. The van der Waals surface area contributed by atoms with E-state index in [1.54, 1.807) is 12.1 Å². The summed E-state index contributed by atoms with van der Waals surface area (Å²) in [7, 11) is 1.29. The Morgan fingerprint density at radius 1 is 1.07 bits per heavy atom. The summed E-state index contributed by atoms with van der Waals surface area (Å²) in [5.41, 5.74) is 1.22. The number of pyridine rings is 1. The molecule has 0 aliphatic carbocycles. The van der Waals surface area contributed by atoms with Crippen LogP contribution in [0.2, 0.25) is 0 Å². The Labute approximate surface area is 323 Å². The molecule has 8 rings (SSSR count). The molecule has 3 aliphatic heterocycles. The molecule has 2 saturated heterocycles. The van der Waals surface area contributed by atoms with Crippen LogP contribution in [0.3, 0.4) is 0 Å². The lowest BCUT2D eigenvalue weighted by Gasteiger charge is -2.31. The third-order valence-corrected chi connectivity index (χ3v) is 11.1. The molecule has 1 unspecified atom stereocenters. The number of fused-ring (bicyclic) bond motifs is 2. The number of anilines is 1. The Hall–Kier alpha value is -5.13. The molecule has 0 amide bonds. The molecule has 0 saturated carbocycles. The molecule has 3 aromatic heterocycles. The Kier molecular flexibility index (Phi) is 12.1. The van der Waals surface area contributed by atoms with Crippen molar-refractivity contribution in [3.63, 3.8) is 0 Å². The van der Waals surface area contributed by atoms with E-state index in [4.69, 9.17) is 26.1 Å². The van der Waals surface area contributed by atoms with E-state index in [1.807, 2.05) is 12.1 Å². The standard InChI is InChI=1S/C36H40F2N6O.C6H6F2N2O/c1-3-5-18-39-21-24-11-7-13-28-30-33(42-35(43-34(30)40-24)45-22-36-16-8-19-44(36)20-9-17-36)31(38)32(41-28)26-12-6-10-23-14-15-27(37)25(4-2)29(23)26;1-11-6-4(5(7)8)2-9-3-10-6/h2,6,10,12,14-15,24,39H,3,5,7-9,11,13,16-22H2,1H3,(H,40,42,43);2-3,5H,1H3. The van der Waals surface area contributed by atoms with E-state index in [0.29, 0.717) is 40.9 Å². The number of nitrogens with zero attached hydrogens (tertiary/aromatic N) is 6. The molecule has 0 bridgehead atoms. The summed E-state index contributed by atoms with van der Waals surface area (Å²) >= 11 is 0. The van der Waals surface area contributed by atoms with Gasteiger partial charge in [0.15, 0.2) is 5.82 Å². The van der Waals surface area contributed by atoms with E-state index in [9.17, 15) is 13.2 Å². The van der Waals surface area contributed by atoms with Gasteiger partial charge in [-0.2, -0.15) is 9.97 Å². The van der Waals surface area contributed by atoms with E-state index in [0.717, 1.165) is 95.5 Å². The smallest absolute Gasteiger partial charge is 0.319 e. The van der Waals surface area contributed by atoms with Gasteiger partial charge in [0.2, 0.25) is 5.88 Å². The number of aryl methyl sites for hydroxylation is 1. The zero-order valence-electron chi connectivity index (χ0n) is 31.7. The van der Waals surface area contributed by atoms with E-state index in [2.05, 4.69) is 43.1 Å². The SMILES string of the molecule is C#Cc1c(F)ccc2cccc(-c3nc4c5c(nc(OCC67CCCN6CCC7)nc5c3F)NC(CNCCCC)CCC4)c12.COc1ncncc1C(F)F. The van der Waals surface area contributed by atoms with Crippen molar-refractivity contribution in [3.8, 4) is 35.5 Å². The molecule has 56 heavy (non-hydrogen) atoms. The van der Waals surface area contributed by atoms with Crippen molar-refractivity contribution in [2.45, 2.75) is 82.7 Å². The molecule has 2 aromatic carbocycles. The Bertz CT molecular complexity index is 2220. The summed E-state index contributed by atoms with van der Waals surface area (Å²) in [5, 5.41) is 8.92. The van der Waals surface area contributed by atoms with Crippen LogP contribution in [0.1, 0.15) is 81.5 Å². The highest BCUT2D eigenvalue weighted by Crippen LogP contribution is 2.41. The van der Waals surface area contributed by atoms with Gasteiger partial charge in [0.05, 0.1) is 34.9 Å². The molecule has 2 fully saturated rings. The van der Waals surface area contributed by atoms with Crippen molar-refractivity contribution < 1.29 is 27.0 Å². The first-order chi connectivity index (χ1) is 27.3. The van der Waals surface area contributed by atoms with Crippen LogP contribution >= 0.6 is 0 Å². The fourth-order valence-electron chi connectivity index (χ4n) is 8.27. The van der Waals surface area contributed by atoms with Crippen LogP contribution in [0.5, 0.6) is 11.9 Å². The molecule has 3 aliphatic rings. The lowest BCUT2D eigenvalue weighted by Crippen LogP contribution is -2.43. The zero-order chi connectivity index (χ0) is 39.2. The van der Waals surface area contributed by atoms with Crippen LogP contribution in [0.25, 0.3) is 32.9 Å². The van der Waals surface area contributed by atoms with Crippen molar-refractivity contribution in [3.05, 3.63) is 71.3 Å². The molecule has 6 heterocycles. The van der Waals surface area contributed by atoms with Crippen LogP contribution < -0.4 is 20.1 Å². The first-order valence-electron chi connectivity index (χ1n) is 19.3. The molecular weight excluding hydrogens is 725 g/mol. The van der Waals surface area contributed by atoms with Gasteiger partial charge < -0.3 is 20.1 Å². The number of ether oxygens (including phenoxy) is 2. The highest BCUT2D eigenvalue weighted by atomic mass is 19.3. The van der Waals surface area contributed by atoms with E-state index >= 15 is 4.39 Å². The number of nitrogens with one attached hydrogen (secondary N) is 2. The van der Waals surface area contributed by atoms with Crippen LogP contribution in [0, 0.1) is 24.0 Å². The molecule has 10 nitrogen and oxygen atoms in total. The second kappa shape index (κ2) is 17.3. The van der Waals surface area contributed by atoms with Gasteiger partial charge in [-0.1, -0.05) is 43.5 Å². The molecular formula is C42H46F4N8O2. The van der Waals surface area contributed by atoms with Gasteiger partial charge >= 0.3 is 6.01 Å². The lowest BCUT2D eigenvalue weighted by molar-refractivity contribution is 0.108. The molecule has 2 N–H and O–H groups in total. The average molecular weight is 771 g/mol. The van der Waals surface area contributed by atoms with E-state index in [-0.39, 0.29) is 45.8 Å². The maximum absolute atomic E-state index is 16.9. The number of methoxy groups -OCH3 is 1. The molecule has 294 valence electrons. The Morgan fingerprint density at radius 3 is 2.62 bits per heavy atom. The summed E-state index contributed by atoms with van der Waals surface area (Å²) in [6.07, 6.45) is 14.5. The quantitative estimate of drug-likeness (QED) is 0.0779. The maximum Gasteiger partial charge on any atom is 0.319 e. The van der Waals surface area contributed by atoms with Crippen molar-refractivity contribution in [2.75, 3.05) is 45.2 Å². The van der Waals surface area contributed by atoms with Crippen molar-refractivity contribution in [2.24, 2.45) is 0 Å².